The molecule has 25 heavy (non-hydrogen) atoms. The molecule has 3 amide bonds. The van der Waals surface area contributed by atoms with Gasteiger partial charge in [-0.15, -0.1) is 11.3 Å². The van der Waals surface area contributed by atoms with Crippen molar-refractivity contribution in [2.24, 2.45) is 4.99 Å². The lowest BCUT2D eigenvalue weighted by Gasteiger charge is -2.35. The average molecular weight is 363 g/mol. The van der Waals surface area contributed by atoms with Gasteiger partial charge >= 0.3 is 6.03 Å². The van der Waals surface area contributed by atoms with Gasteiger partial charge in [0.05, 0.1) is 0 Å². The molecule has 0 saturated carbocycles. The number of nitrogens with one attached hydrogen (secondary N) is 1. The maximum absolute atomic E-state index is 12.2. The quantitative estimate of drug-likeness (QED) is 0.746. The number of likely N-dealkylation sites (N-methyl/N-ethyl adjacent to an activating group) is 2. The lowest BCUT2D eigenvalue weighted by Crippen LogP contribution is -2.63. The van der Waals surface area contributed by atoms with Crippen molar-refractivity contribution in [2.75, 3.05) is 45.2 Å². The van der Waals surface area contributed by atoms with Crippen LogP contribution < -0.4 is 10.2 Å². The molecule has 0 radical (unpaired) electrons. The number of anilines is 1. The number of thiazole rings is 1. The molecular weight excluding hydrogens is 342 g/mol. The zero-order valence-corrected chi connectivity index (χ0v) is 15.1. The molecule has 0 aromatic carbocycles. The largest absolute Gasteiger partial charge is 0.346 e. The molecule has 3 aliphatic heterocycles. The third kappa shape index (κ3) is 2.70. The van der Waals surface area contributed by atoms with Gasteiger partial charge in [0.15, 0.2) is 23.3 Å². The summed E-state index contributed by atoms with van der Waals surface area (Å²) in [6, 6.07) is -0.855. The summed E-state index contributed by atoms with van der Waals surface area (Å²) in [6.07, 6.45) is 2.36. The Labute approximate surface area is 149 Å². The highest BCUT2D eigenvalue weighted by Crippen LogP contribution is 2.25. The van der Waals surface area contributed by atoms with Crippen molar-refractivity contribution in [3.8, 4) is 0 Å². The van der Waals surface area contributed by atoms with Crippen LogP contribution in [0.3, 0.4) is 0 Å². The fraction of sp³-hybridized carbons (Fsp3) is 0.600. The first-order valence-corrected chi connectivity index (χ1v) is 9.22. The van der Waals surface area contributed by atoms with Crippen molar-refractivity contribution in [1.29, 1.82) is 0 Å². The normalized spacial score (nSPS) is 27.2. The number of rotatable bonds is 1. The monoisotopic (exact) mass is 363 g/mol. The molecule has 10 heteroatoms. The average Bonchev–Trinajstić information content (AvgIpc) is 3.16. The zero-order chi connectivity index (χ0) is 17.6. The number of imide groups is 1. The van der Waals surface area contributed by atoms with Gasteiger partial charge in [0.2, 0.25) is 0 Å². The minimum atomic E-state index is -0.462. The maximum Gasteiger partial charge on any atom is 0.325 e. The van der Waals surface area contributed by atoms with Crippen molar-refractivity contribution in [3.63, 3.8) is 0 Å². The molecule has 4 heterocycles. The smallest absolute Gasteiger partial charge is 0.325 e. The molecule has 0 aliphatic carbocycles. The summed E-state index contributed by atoms with van der Waals surface area (Å²) in [5, 5.41) is 5.42. The highest BCUT2D eigenvalue weighted by atomic mass is 32.1. The lowest BCUT2D eigenvalue weighted by molar-refractivity contribution is -0.126. The van der Waals surface area contributed by atoms with E-state index in [1.54, 1.807) is 18.4 Å². The van der Waals surface area contributed by atoms with E-state index in [1.165, 1.54) is 4.90 Å². The number of guanidine groups is 1. The maximum atomic E-state index is 12.2. The van der Waals surface area contributed by atoms with E-state index in [-0.39, 0.29) is 5.91 Å². The van der Waals surface area contributed by atoms with Crippen LogP contribution in [0.4, 0.5) is 9.93 Å². The second-order valence-electron chi connectivity index (χ2n) is 6.45. The van der Waals surface area contributed by atoms with Gasteiger partial charge in [0, 0.05) is 51.9 Å². The van der Waals surface area contributed by atoms with Gasteiger partial charge in [-0.05, 0) is 6.42 Å². The molecule has 3 aliphatic rings. The summed E-state index contributed by atoms with van der Waals surface area (Å²) >= 11 is 1.65. The third-order valence-corrected chi connectivity index (χ3v) is 5.78. The molecule has 2 fully saturated rings. The van der Waals surface area contributed by atoms with Crippen molar-refractivity contribution in [3.05, 3.63) is 11.6 Å². The Hall–Kier alpha value is -2.36. The molecule has 2 atom stereocenters. The predicted octanol–water partition coefficient (Wildman–Crippen LogP) is -0.167. The first-order valence-electron chi connectivity index (χ1n) is 8.34. The zero-order valence-electron chi connectivity index (χ0n) is 14.3. The van der Waals surface area contributed by atoms with Crippen LogP contribution >= 0.6 is 11.3 Å². The minimum absolute atomic E-state index is 0.284. The van der Waals surface area contributed by atoms with Crippen molar-refractivity contribution < 1.29 is 9.59 Å². The first kappa shape index (κ1) is 16.1. The second kappa shape index (κ2) is 6.17. The predicted molar refractivity (Wildman–Crippen MR) is 94.6 cm³/mol. The van der Waals surface area contributed by atoms with E-state index < -0.39 is 18.2 Å². The standard InChI is InChI=1S/C15H21N7O2S/c1-19-10-11(20(2)14(24)18-12(10)23)17-13(19)21-5-3-6-22(8-7-21)15-16-4-9-25-15/h4,9-11H,3,5-8H2,1-2H3,(H,18,23,24). The lowest BCUT2D eigenvalue weighted by atomic mass is 10.1. The van der Waals surface area contributed by atoms with E-state index in [1.807, 2.05) is 23.5 Å². The molecule has 1 aromatic heterocycles. The van der Waals surface area contributed by atoms with Gasteiger partial charge in [-0.25, -0.2) is 14.8 Å². The minimum Gasteiger partial charge on any atom is -0.346 e. The number of carbonyl (C=O) groups is 2. The molecule has 0 bridgehead atoms. The Kier molecular flexibility index (Phi) is 3.98. The number of urea groups is 1. The molecule has 4 rings (SSSR count). The molecule has 2 unspecified atom stereocenters. The summed E-state index contributed by atoms with van der Waals surface area (Å²) in [6.45, 7) is 3.48. The van der Waals surface area contributed by atoms with Gasteiger partial charge in [0.1, 0.15) is 0 Å². The van der Waals surface area contributed by atoms with Crippen LogP contribution in [0.25, 0.3) is 0 Å². The molecule has 1 aromatic rings. The van der Waals surface area contributed by atoms with Crippen LogP contribution in [-0.4, -0.2) is 90.1 Å². The number of nitrogens with zero attached hydrogens (tertiary/aromatic N) is 6. The van der Waals surface area contributed by atoms with Gasteiger partial charge in [-0.1, -0.05) is 0 Å². The molecule has 134 valence electrons. The van der Waals surface area contributed by atoms with E-state index in [9.17, 15) is 9.59 Å². The highest BCUT2D eigenvalue weighted by Gasteiger charge is 2.48. The van der Waals surface area contributed by atoms with E-state index in [0.717, 1.165) is 43.7 Å². The summed E-state index contributed by atoms with van der Waals surface area (Å²) in [7, 11) is 3.54. The van der Waals surface area contributed by atoms with Crippen LogP contribution in [0.5, 0.6) is 0 Å². The summed E-state index contributed by atoms with van der Waals surface area (Å²) in [4.78, 5) is 41.1. The van der Waals surface area contributed by atoms with Crippen LogP contribution in [0, 0.1) is 0 Å². The van der Waals surface area contributed by atoms with Gasteiger partial charge in [-0.3, -0.25) is 10.1 Å². The first-order chi connectivity index (χ1) is 12.1. The second-order valence-corrected chi connectivity index (χ2v) is 7.32. The third-order valence-electron chi connectivity index (χ3n) is 4.95. The summed E-state index contributed by atoms with van der Waals surface area (Å²) in [5.74, 6) is 0.501. The number of hydrogen-bond acceptors (Lipinski definition) is 8. The molecular formula is C15H21N7O2S. The fourth-order valence-electron chi connectivity index (χ4n) is 3.59. The summed E-state index contributed by atoms with van der Waals surface area (Å²) in [5.41, 5.74) is 0. The fourth-order valence-corrected chi connectivity index (χ4v) is 4.28. The SMILES string of the molecule is CN1C(=O)NC(=O)C2C1N=C(N1CCCN(c3nccs3)CC1)N2C. The molecule has 9 nitrogen and oxygen atoms in total. The highest BCUT2D eigenvalue weighted by molar-refractivity contribution is 7.13. The van der Waals surface area contributed by atoms with Crippen molar-refractivity contribution >= 4 is 34.4 Å². The number of amides is 3. The van der Waals surface area contributed by atoms with Gasteiger partial charge < -0.3 is 19.6 Å². The Morgan fingerprint density at radius 2 is 1.88 bits per heavy atom. The molecule has 1 N–H and O–H groups in total. The van der Waals surface area contributed by atoms with Crippen molar-refractivity contribution in [1.82, 2.24) is 25.0 Å². The van der Waals surface area contributed by atoms with Gasteiger partial charge in [-0.2, -0.15) is 0 Å². The van der Waals surface area contributed by atoms with Crippen LogP contribution in [0.2, 0.25) is 0 Å². The molecule has 0 spiro atoms. The van der Waals surface area contributed by atoms with E-state index in [0.29, 0.717) is 0 Å². The number of carbonyl (C=O) groups excluding carboxylic acids is 2. The Balaban J connectivity index is 1.52. The molecule has 2 saturated heterocycles. The van der Waals surface area contributed by atoms with Gasteiger partial charge in [0.25, 0.3) is 5.91 Å². The van der Waals surface area contributed by atoms with Crippen molar-refractivity contribution in [2.45, 2.75) is 18.6 Å². The Morgan fingerprint density at radius 1 is 1.12 bits per heavy atom. The number of aromatic nitrogens is 1. The van der Waals surface area contributed by atoms with E-state index in [4.69, 9.17) is 4.99 Å². The van der Waals surface area contributed by atoms with Crippen LogP contribution in [0.15, 0.2) is 16.6 Å². The van der Waals surface area contributed by atoms with Crippen LogP contribution in [-0.2, 0) is 4.79 Å². The van der Waals surface area contributed by atoms with Crippen LogP contribution in [0.1, 0.15) is 6.42 Å². The number of hydrogen-bond donors (Lipinski definition) is 1. The number of fused-ring (bicyclic) bond motifs is 1. The van der Waals surface area contributed by atoms with E-state index >= 15 is 0 Å². The topological polar surface area (TPSA) is 84.4 Å². The summed E-state index contributed by atoms with van der Waals surface area (Å²) < 4.78 is 0. The number of aliphatic imine (C=N–C) groups is 1. The Bertz CT molecular complexity index is 707. The Morgan fingerprint density at radius 3 is 2.64 bits per heavy atom. The van der Waals surface area contributed by atoms with E-state index in [2.05, 4.69) is 20.1 Å².